The number of nitrogens with zero attached hydrogens (tertiary/aromatic N) is 3. The van der Waals surface area contributed by atoms with E-state index < -0.39 is 5.60 Å². The van der Waals surface area contributed by atoms with E-state index in [0.717, 1.165) is 48.2 Å². The zero-order valence-electron chi connectivity index (χ0n) is 21.0. The van der Waals surface area contributed by atoms with E-state index in [1.807, 2.05) is 41.5 Å². The summed E-state index contributed by atoms with van der Waals surface area (Å²) in [6.45, 7) is 9.81. The number of hydrogen-bond donors (Lipinski definition) is 1. The lowest BCUT2D eigenvalue weighted by Gasteiger charge is -2.52. The Morgan fingerprint density at radius 1 is 0.971 bits per heavy atom. The van der Waals surface area contributed by atoms with Crippen molar-refractivity contribution < 1.29 is 9.57 Å². The summed E-state index contributed by atoms with van der Waals surface area (Å²) in [6.07, 6.45) is 3.18. The van der Waals surface area contributed by atoms with Crippen LogP contribution in [0.25, 0.3) is 11.1 Å². The molecule has 0 radical (unpaired) electrons. The molecule has 2 aromatic rings. The smallest absolute Gasteiger partial charge is 0.263 e. The molecule has 6 heteroatoms. The maximum atomic E-state index is 10.1. The van der Waals surface area contributed by atoms with Gasteiger partial charge in [-0.2, -0.15) is 15.6 Å². The van der Waals surface area contributed by atoms with Gasteiger partial charge in [-0.25, -0.2) is 0 Å². The van der Waals surface area contributed by atoms with Gasteiger partial charge in [0.25, 0.3) is 5.60 Å². The molecule has 34 heavy (non-hydrogen) atoms. The Morgan fingerprint density at radius 3 is 2.21 bits per heavy atom. The second-order valence-corrected chi connectivity index (χ2v) is 10.3. The van der Waals surface area contributed by atoms with E-state index >= 15 is 0 Å². The summed E-state index contributed by atoms with van der Waals surface area (Å²) < 4.78 is 5.11. The molecular formula is C28H36N4O2. The van der Waals surface area contributed by atoms with E-state index in [2.05, 4.69) is 57.3 Å². The van der Waals surface area contributed by atoms with Crippen LogP contribution in [0, 0.1) is 22.7 Å². The Balaban J connectivity index is 1.85. The Kier molecular flexibility index (Phi) is 8.00. The molecule has 1 saturated heterocycles. The van der Waals surface area contributed by atoms with Gasteiger partial charge in [0.2, 0.25) is 0 Å². The maximum Gasteiger partial charge on any atom is 0.263 e. The minimum Gasteiger partial charge on any atom is -0.383 e. The third-order valence-corrected chi connectivity index (χ3v) is 6.50. The molecule has 0 atom stereocenters. The first-order valence-corrected chi connectivity index (χ1v) is 11.9. The van der Waals surface area contributed by atoms with Crippen molar-refractivity contribution >= 4 is 5.69 Å². The number of anilines is 1. The highest BCUT2D eigenvalue weighted by Gasteiger charge is 2.47. The monoisotopic (exact) mass is 460 g/mol. The zero-order valence-corrected chi connectivity index (χ0v) is 21.0. The van der Waals surface area contributed by atoms with Crippen LogP contribution >= 0.6 is 0 Å². The summed E-state index contributed by atoms with van der Waals surface area (Å²) in [5, 5.41) is 25.4. The van der Waals surface area contributed by atoms with Gasteiger partial charge < -0.3 is 10.1 Å². The number of nitrogens with one attached hydrogen (secondary N) is 1. The first-order chi connectivity index (χ1) is 16.1. The molecular weight excluding hydrogens is 424 g/mol. The van der Waals surface area contributed by atoms with Crippen molar-refractivity contribution in [3.8, 4) is 23.3 Å². The highest BCUT2D eigenvalue weighted by molar-refractivity contribution is 5.68. The van der Waals surface area contributed by atoms with Crippen molar-refractivity contribution in [2.24, 2.45) is 0 Å². The quantitative estimate of drug-likeness (QED) is 0.482. The molecule has 1 N–H and O–H groups in total. The van der Waals surface area contributed by atoms with Crippen molar-refractivity contribution in [2.75, 3.05) is 25.6 Å². The van der Waals surface area contributed by atoms with Gasteiger partial charge in [-0.3, -0.25) is 4.84 Å². The maximum absolute atomic E-state index is 10.1. The number of rotatable bonds is 9. The number of benzene rings is 2. The van der Waals surface area contributed by atoms with Crippen LogP contribution in [-0.4, -0.2) is 42.0 Å². The van der Waals surface area contributed by atoms with E-state index in [1.54, 1.807) is 7.11 Å². The average Bonchev–Trinajstić information content (AvgIpc) is 2.81. The van der Waals surface area contributed by atoms with E-state index in [4.69, 9.17) is 9.57 Å². The number of hydrogen-bond acceptors (Lipinski definition) is 6. The number of nitriles is 2. The lowest BCUT2D eigenvalue weighted by Crippen LogP contribution is -2.61. The molecule has 0 bridgehead atoms. The third-order valence-electron chi connectivity index (χ3n) is 6.50. The SMILES string of the molecule is COCCNc1cccc(-c2cccc(CC(C#N)(C#N)ON3C(C)(C)CCCC3(C)C)c2)c1. The third kappa shape index (κ3) is 5.96. The van der Waals surface area contributed by atoms with Crippen LogP contribution in [0.15, 0.2) is 48.5 Å². The molecule has 0 saturated carbocycles. The summed E-state index contributed by atoms with van der Waals surface area (Å²) in [5.41, 5.74) is 1.84. The topological polar surface area (TPSA) is 81.3 Å². The van der Waals surface area contributed by atoms with Crippen LogP contribution in [0.1, 0.15) is 52.5 Å². The second kappa shape index (κ2) is 10.6. The lowest BCUT2D eigenvalue weighted by atomic mass is 9.82. The van der Waals surface area contributed by atoms with Crippen LogP contribution in [-0.2, 0) is 16.0 Å². The molecule has 2 aromatic carbocycles. The van der Waals surface area contributed by atoms with Crippen molar-refractivity contribution in [3.63, 3.8) is 0 Å². The highest BCUT2D eigenvalue weighted by atomic mass is 16.7. The molecule has 3 rings (SSSR count). The second-order valence-electron chi connectivity index (χ2n) is 10.3. The van der Waals surface area contributed by atoms with Gasteiger partial charge in [0.15, 0.2) is 0 Å². The first kappa shape index (κ1) is 25.7. The molecule has 180 valence electrons. The predicted octanol–water partition coefficient (Wildman–Crippen LogP) is 5.72. The largest absolute Gasteiger partial charge is 0.383 e. The van der Waals surface area contributed by atoms with Crippen LogP contribution in [0.5, 0.6) is 0 Å². The number of hydroxylamine groups is 2. The van der Waals surface area contributed by atoms with Gasteiger partial charge >= 0.3 is 0 Å². The molecule has 0 aliphatic carbocycles. The van der Waals surface area contributed by atoms with Crippen LogP contribution < -0.4 is 5.32 Å². The fraction of sp³-hybridized carbons (Fsp3) is 0.500. The normalized spacial score (nSPS) is 17.5. The van der Waals surface area contributed by atoms with Crippen LogP contribution in [0.4, 0.5) is 5.69 Å². The molecule has 0 aromatic heterocycles. The minimum absolute atomic E-state index is 0.183. The number of ether oxygens (including phenoxy) is 1. The van der Waals surface area contributed by atoms with Crippen molar-refractivity contribution in [2.45, 2.75) is 70.1 Å². The summed E-state index contributed by atoms with van der Waals surface area (Å²) in [7, 11) is 1.68. The van der Waals surface area contributed by atoms with Gasteiger partial charge in [-0.1, -0.05) is 36.4 Å². The van der Waals surface area contributed by atoms with E-state index in [1.165, 1.54) is 0 Å². The summed E-state index contributed by atoms with van der Waals surface area (Å²) >= 11 is 0. The molecule has 1 aliphatic rings. The summed E-state index contributed by atoms with van der Waals surface area (Å²) in [4.78, 5) is 6.32. The van der Waals surface area contributed by atoms with E-state index in [9.17, 15) is 10.5 Å². The highest BCUT2D eigenvalue weighted by Crippen LogP contribution is 2.40. The Hall–Kier alpha value is -2.90. The van der Waals surface area contributed by atoms with E-state index in [0.29, 0.717) is 6.61 Å². The fourth-order valence-corrected chi connectivity index (χ4v) is 4.81. The molecule has 1 fully saturated rings. The van der Waals surface area contributed by atoms with Crippen molar-refractivity contribution in [1.29, 1.82) is 10.5 Å². The van der Waals surface area contributed by atoms with Gasteiger partial charge in [0.1, 0.15) is 12.1 Å². The van der Waals surface area contributed by atoms with Gasteiger partial charge in [-0.05, 0) is 75.8 Å². The summed E-state index contributed by atoms with van der Waals surface area (Å²) in [5.74, 6) is 0. The summed E-state index contributed by atoms with van der Waals surface area (Å²) in [6, 6.07) is 20.5. The number of piperidine rings is 1. The minimum atomic E-state index is -1.60. The Labute approximate surface area is 204 Å². The first-order valence-electron chi connectivity index (χ1n) is 11.9. The molecule has 0 spiro atoms. The Morgan fingerprint density at radius 2 is 1.59 bits per heavy atom. The van der Waals surface area contributed by atoms with Crippen molar-refractivity contribution in [1.82, 2.24) is 5.06 Å². The zero-order chi connectivity index (χ0) is 24.8. The lowest BCUT2D eigenvalue weighted by molar-refractivity contribution is -0.311. The molecule has 6 nitrogen and oxygen atoms in total. The van der Waals surface area contributed by atoms with Gasteiger partial charge in [-0.15, -0.1) is 0 Å². The fourth-order valence-electron chi connectivity index (χ4n) is 4.81. The standard InChI is InChI=1S/C28H36N4O2/c1-26(2)13-8-14-27(3,4)32(26)34-28(20-29,21-30)19-22-9-6-10-23(17-22)24-11-7-12-25(18-24)31-15-16-33-5/h6-7,9-12,17-18,31H,8,13-16,19H2,1-5H3. The molecule has 0 unspecified atom stereocenters. The van der Waals surface area contributed by atoms with Crippen molar-refractivity contribution in [3.05, 3.63) is 54.1 Å². The predicted molar refractivity (Wildman–Crippen MR) is 135 cm³/mol. The molecule has 0 amide bonds. The van der Waals surface area contributed by atoms with Crippen LogP contribution in [0.2, 0.25) is 0 Å². The molecule has 1 aliphatic heterocycles. The average molecular weight is 461 g/mol. The number of methoxy groups -OCH3 is 1. The Bertz CT molecular complexity index is 1030. The van der Waals surface area contributed by atoms with Gasteiger partial charge in [0.05, 0.1) is 6.61 Å². The van der Waals surface area contributed by atoms with Gasteiger partial charge in [0, 0.05) is 36.8 Å². The van der Waals surface area contributed by atoms with Crippen LogP contribution in [0.3, 0.4) is 0 Å². The van der Waals surface area contributed by atoms with E-state index in [-0.39, 0.29) is 17.5 Å². The molecule has 1 heterocycles.